The van der Waals surface area contributed by atoms with Gasteiger partial charge in [0.2, 0.25) is 0 Å². The predicted molar refractivity (Wildman–Crippen MR) is 72.1 cm³/mol. The molecule has 0 saturated heterocycles. The van der Waals surface area contributed by atoms with E-state index in [0.717, 1.165) is 17.2 Å². The van der Waals surface area contributed by atoms with Gasteiger partial charge in [-0.15, -0.1) is 0 Å². The molecule has 7 heteroatoms. The molecular weight excluding hydrogens is 285 g/mol. The van der Waals surface area contributed by atoms with Gasteiger partial charge in [0.15, 0.2) is 0 Å². The molecule has 21 heavy (non-hydrogen) atoms. The Morgan fingerprint density at radius 1 is 0.952 bits per heavy atom. The molecule has 0 amide bonds. The summed E-state index contributed by atoms with van der Waals surface area (Å²) in [6.07, 6.45) is -4.85. The summed E-state index contributed by atoms with van der Waals surface area (Å²) in [6.45, 7) is 1.79. The van der Waals surface area contributed by atoms with Crippen LogP contribution < -0.4 is 11.2 Å². The molecule has 1 aromatic carbocycles. The van der Waals surface area contributed by atoms with Crippen molar-refractivity contribution in [2.45, 2.75) is 13.1 Å². The van der Waals surface area contributed by atoms with E-state index in [4.69, 9.17) is 0 Å². The average molecular weight is 298 g/mol. The van der Waals surface area contributed by atoms with Gasteiger partial charge < -0.3 is 0 Å². The third kappa shape index (κ3) is 2.51. The summed E-state index contributed by atoms with van der Waals surface area (Å²) in [4.78, 5) is 23.8. The Hall–Kier alpha value is -2.31. The highest BCUT2D eigenvalue weighted by Gasteiger charge is 2.39. The van der Waals surface area contributed by atoms with Gasteiger partial charge in [0, 0.05) is 14.1 Å². The normalized spacial score (nSPS) is 11.7. The maximum absolute atomic E-state index is 13.2. The molecular formula is C14H13F3N2O2. The first kappa shape index (κ1) is 15.1. The van der Waals surface area contributed by atoms with Gasteiger partial charge in [-0.25, -0.2) is 4.79 Å². The van der Waals surface area contributed by atoms with Crippen LogP contribution in [0.3, 0.4) is 0 Å². The lowest BCUT2D eigenvalue weighted by atomic mass is 10.0. The topological polar surface area (TPSA) is 44.0 Å². The summed E-state index contributed by atoms with van der Waals surface area (Å²) in [5, 5.41) is 0. The standard InChI is InChI=1S/C14H13F3N2O2/c1-8-4-6-9(7-5-8)11-10(14(15,16)17)12(20)19(3)13(21)18(11)2/h4-7H,1-3H3. The highest BCUT2D eigenvalue weighted by Crippen LogP contribution is 2.33. The molecule has 2 rings (SSSR count). The van der Waals surface area contributed by atoms with E-state index in [2.05, 4.69) is 0 Å². The first-order valence-corrected chi connectivity index (χ1v) is 6.09. The molecule has 0 atom stereocenters. The van der Waals surface area contributed by atoms with Gasteiger partial charge >= 0.3 is 11.9 Å². The van der Waals surface area contributed by atoms with Crippen molar-refractivity contribution in [2.24, 2.45) is 14.1 Å². The highest BCUT2D eigenvalue weighted by molar-refractivity contribution is 5.64. The molecule has 0 fully saturated rings. The molecule has 1 aromatic heterocycles. The van der Waals surface area contributed by atoms with Gasteiger partial charge in [0.1, 0.15) is 5.56 Å². The van der Waals surface area contributed by atoms with E-state index in [1.165, 1.54) is 19.2 Å². The molecule has 0 bridgehead atoms. The zero-order valence-electron chi connectivity index (χ0n) is 11.7. The summed E-state index contributed by atoms with van der Waals surface area (Å²) in [5.41, 5.74) is -2.87. The summed E-state index contributed by atoms with van der Waals surface area (Å²) >= 11 is 0. The van der Waals surface area contributed by atoms with Crippen molar-refractivity contribution < 1.29 is 13.2 Å². The fourth-order valence-electron chi connectivity index (χ4n) is 2.15. The van der Waals surface area contributed by atoms with E-state index in [1.807, 2.05) is 0 Å². The molecule has 0 unspecified atom stereocenters. The minimum Gasteiger partial charge on any atom is -0.296 e. The van der Waals surface area contributed by atoms with Gasteiger partial charge in [-0.05, 0) is 12.5 Å². The van der Waals surface area contributed by atoms with E-state index in [0.29, 0.717) is 4.57 Å². The zero-order valence-corrected chi connectivity index (χ0v) is 11.7. The number of alkyl halides is 3. The SMILES string of the molecule is Cc1ccc(-c2c(C(F)(F)F)c(=O)n(C)c(=O)n2C)cc1. The van der Waals surface area contributed by atoms with Crippen LogP contribution in [0.5, 0.6) is 0 Å². The van der Waals surface area contributed by atoms with Gasteiger partial charge in [-0.2, -0.15) is 13.2 Å². The number of nitrogens with zero attached hydrogens (tertiary/aromatic N) is 2. The van der Waals surface area contributed by atoms with Crippen LogP contribution in [0.15, 0.2) is 33.9 Å². The molecule has 4 nitrogen and oxygen atoms in total. The Morgan fingerprint density at radius 2 is 1.48 bits per heavy atom. The lowest BCUT2D eigenvalue weighted by Crippen LogP contribution is -2.42. The molecule has 0 radical (unpaired) electrons. The Labute approximate surface area is 118 Å². The Kier molecular flexibility index (Phi) is 3.52. The highest BCUT2D eigenvalue weighted by atomic mass is 19.4. The second-order valence-corrected chi connectivity index (χ2v) is 4.79. The summed E-state index contributed by atoms with van der Waals surface area (Å²) < 4.78 is 41.0. The Bertz CT molecular complexity index is 799. The number of rotatable bonds is 1. The monoisotopic (exact) mass is 298 g/mol. The largest absolute Gasteiger partial charge is 0.423 e. The molecule has 0 aliphatic carbocycles. The van der Waals surface area contributed by atoms with E-state index in [1.54, 1.807) is 19.1 Å². The third-order valence-corrected chi connectivity index (χ3v) is 3.27. The average Bonchev–Trinajstić information content (AvgIpc) is 2.40. The number of halogens is 3. The smallest absolute Gasteiger partial charge is 0.296 e. The molecule has 112 valence electrons. The zero-order chi connectivity index (χ0) is 15.9. The first-order valence-electron chi connectivity index (χ1n) is 6.09. The van der Waals surface area contributed by atoms with Crippen LogP contribution in [0.1, 0.15) is 11.1 Å². The van der Waals surface area contributed by atoms with Crippen LogP contribution in [-0.4, -0.2) is 9.13 Å². The number of aromatic nitrogens is 2. The maximum atomic E-state index is 13.2. The van der Waals surface area contributed by atoms with Crippen LogP contribution in [0.25, 0.3) is 11.3 Å². The molecule has 0 spiro atoms. The van der Waals surface area contributed by atoms with Gasteiger partial charge in [-0.1, -0.05) is 29.8 Å². The fourth-order valence-corrected chi connectivity index (χ4v) is 2.15. The van der Waals surface area contributed by atoms with Crippen molar-refractivity contribution >= 4 is 0 Å². The lowest BCUT2D eigenvalue weighted by molar-refractivity contribution is -0.138. The maximum Gasteiger partial charge on any atom is 0.423 e. The van der Waals surface area contributed by atoms with Crippen molar-refractivity contribution in [3.05, 3.63) is 56.2 Å². The van der Waals surface area contributed by atoms with E-state index in [9.17, 15) is 22.8 Å². The van der Waals surface area contributed by atoms with Crippen LogP contribution >= 0.6 is 0 Å². The summed E-state index contributed by atoms with van der Waals surface area (Å²) in [6, 6.07) is 6.16. The minimum absolute atomic E-state index is 0.172. The van der Waals surface area contributed by atoms with Crippen molar-refractivity contribution in [1.82, 2.24) is 9.13 Å². The van der Waals surface area contributed by atoms with Crippen molar-refractivity contribution in [1.29, 1.82) is 0 Å². The van der Waals surface area contributed by atoms with Crippen molar-refractivity contribution in [3.8, 4) is 11.3 Å². The molecule has 0 saturated carbocycles. The molecule has 0 N–H and O–H groups in total. The van der Waals surface area contributed by atoms with Gasteiger partial charge in [0.25, 0.3) is 5.56 Å². The minimum atomic E-state index is -4.85. The second-order valence-electron chi connectivity index (χ2n) is 4.79. The van der Waals surface area contributed by atoms with Gasteiger partial charge in [0.05, 0.1) is 5.69 Å². The summed E-state index contributed by atoms with van der Waals surface area (Å²) in [5.74, 6) is 0. The molecule has 2 aromatic rings. The molecule has 0 aliphatic rings. The van der Waals surface area contributed by atoms with E-state index in [-0.39, 0.29) is 5.56 Å². The van der Waals surface area contributed by atoms with Crippen LogP contribution in [0, 0.1) is 6.92 Å². The van der Waals surface area contributed by atoms with E-state index >= 15 is 0 Å². The summed E-state index contributed by atoms with van der Waals surface area (Å²) in [7, 11) is 2.24. The Morgan fingerprint density at radius 3 is 1.95 bits per heavy atom. The molecule has 0 aliphatic heterocycles. The third-order valence-electron chi connectivity index (χ3n) is 3.27. The van der Waals surface area contributed by atoms with E-state index < -0.39 is 28.7 Å². The van der Waals surface area contributed by atoms with Crippen LogP contribution in [0.2, 0.25) is 0 Å². The van der Waals surface area contributed by atoms with Crippen LogP contribution in [-0.2, 0) is 20.3 Å². The fraction of sp³-hybridized carbons (Fsp3) is 0.286. The second kappa shape index (κ2) is 4.91. The van der Waals surface area contributed by atoms with Crippen LogP contribution in [0.4, 0.5) is 13.2 Å². The van der Waals surface area contributed by atoms with Crippen molar-refractivity contribution in [3.63, 3.8) is 0 Å². The number of hydrogen-bond donors (Lipinski definition) is 0. The number of hydrogen-bond acceptors (Lipinski definition) is 2. The predicted octanol–water partition coefficient (Wildman–Crippen LogP) is 2.08. The molecule has 1 heterocycles. The van der Waals surface area contributed by atoms with Crippen molar-refractivity contribution in [2.75, 3.05) is 0 Å². The quantitative estimate of drug-likeness (QED) is 0.809. The Balaban J connectivity index is 2.97. The van der Waals surface area contributed by atoms with Gasteiger partial charge in [-0.3, -0.25) is 13.9 Å². The number of aryl methyl sites for hydroxylation is 1. The number of benzene rings is 1. The lowest BCUT2D eigenvalue weighted by Gasteiger charge is -2.17. The first-order chi connectivity index (χ1) is 9.64.